The van der Waals surface area contributed by atoms with Gasteiger partial charge in [-0.05, 0) is 6.42 Å². The van der Waals surface area contributed by atoms with Crippen molar-refractivity contribution in [2.75, 3.05) is 0 Å². The molecule has 5 heteroatoms. The standard InChI is InChI=1S/C8H11NO4/c1-2-8(9,5-7(12)13)4-3-6(10)11/h1H,3-5,9H2,(H,10,11)(H,12,13). The van der Waals surface area contributed by atoms with E-state index in [2.05, 4.69) is 5.92 Å². The van der Waals surface area contributed by atoms with Gasteiger partial charge in [0.2, 0.25) is 0 Å². The van der Waals surface area contributed by atoms with Gasteiger partial charge in [0, 0.05) is 6.42 Å². The maximum atomic E-state index is 10.3. The van der Waals surface area contributed by atoms with E-state index in [0.29, 0.717) is 0 Å². The predicted octanol–water partition coefficient (Wildman–Crippen LogP) is -0.343. The van der Waals surface area contributed by atoms with Gasteiger partial charge in [0.25, 0.3) is 0 Å². The zero-order chi connectivity index (χ0) is 10.5. The molecular formula is C8H11NO4. The summed E-state index contributed by atoms with van der Waals surface area (Å²) >= 11 is 0. The molecule has 0 aromatic heterocycles. The lowest BCUT2D eigenvalue weighted by atomic mass is 9.92. The molecule has 5 nitrogen and oxygen atoms in total. The molecule has 0 saturated heterocycles. The lowest BCUT2D eigenvalue weighted by Crippen LogP contribution is -2.40. The number of terminal acetylenes is 1. The normalized spacial score (nSPS) is 14.2. The number of carboxylic acid groups (broad SMARTS) is 2. The Kier molecular flexibility index (Phi) is 3.95. The van der Waals surface area contributed by atoms with E-state index in [9.17, 15) is 9.59 Å². The van der Waals surface area contributed by atoms with Gasteiger partial charge < -0.3 is 15.9 Å². The molecule has 72 valence electrons. The first-order valence-electron chi connectivity index (χ1n) is 3.60. The predicted molar refractivity (Wildman–Crippen MR) is 44.9 cm³/mol. The van der Waals surface area contributed by atoms with Crippen molar-refractivity contribution in [3.05, 3.63) is 0 Å². The summed E-state index contributed by atoms with van der Waals surface area (Å²) in [4.78, 5) is 20.5. The Hall–Kier alpha value is -1.54. The second-order valence-corrected chi connectivity index (χ2v) is 2.76. The van der Waals surface area contributed by atoms with Gasteiger partial charge in [-0.1, -0.05) is 5.92 Å². The van der Waals surface area contributed by atoms with Crippen molar-refractivity contribution in [1.29, 1.82) is 0 Å². The van der Waals surface area contributed by atoms with Gasteiger partial charge in [0.15, 0.2) is 0 Å². The molecule has 0 aliphatic carbocycles. The van der Waals surface area contributed by atoms with Crippen LogP contribution in [0.2, 0.25) is 0 Å². The third-order valence-corrected chi connectivity index (χ3v) is 1.54. The Balaban J connectivity index is 4.22. The number of carbonyl (C=O) groups is 2. The molecule has 0 bridgehead atoms. The van der Waals surface area contributed by atoms with Gasteiger partial charge in [-0.3, -0.25) is 9.59 Å². The highest BCUT2D eigenvalue weighted by atomic mass is 16.4. The molecule has 13 heavy (non-hydrogen) atoms. The summed E-state index contributed by atoms with van der Waals surface area (Å²) in [5.41, 5.74) is 4.11. The summed E-state index contributed by atoms with van der Waals surface area (Å²) in [7, 11) is 0. The van der Waals surface area contributed by atoms with Crippen molar-refractivity contribution in [3.63, 3.8) is 0 Å². The van der Waals surface area contributed by atoms with Crippen LogP contribution in [0.25, 0.3) is 0 Å². The van der Waals surface area contributed by atoms with E-state index in [1.165, 1.54) is 0 Å². The maximum absolute atomic E-state index is 10.3. The highest BCUT2D eigenvalue weighted by Gasteiger charge is 2.26. The number of hydrogen-bond donors (Lipinski definition) is 3. The molecule has 0 aromatic rings. The summed E-state index contributed by atoms with van der Waals surface area (Å²) in [5.74, 6) is -0.0806. The SMILES string of the molecule is C#CC(N)(CCC(=O)O)CC(=O)O. The van der Waals surface area contributed by atoms with Gasteiger partial charge in [-0.25, -0.2) is 0 Å². The third kappa shape index (κ3) is 4.82. The van der Waals surface area contributed by atoms with Crippen molar-refractivity contribution in [2.24, 2.45) is 5.73 Å². The monoisotopic (exact) mass is 185 g/mol. The second-order valence-electron chi connectivity index (χ2n) is 2.76. The summed E-state index contributed by atoms with van der Waals surface area (Å²) in [5, 5.41) is 16.8. The van der Waals surface area contributed by atoms with Gasteiger partial charge in [0.05, 0.1) is 12.0 Å². The minimum absolute atomic E-state index is 0.0366. The van der Waals surface area contributed by atoms with E-state index in [1.54, 1.807) is 0 Å². The highest BCUT2D eigenvalue weighted by Crippen LogP contribution is 2.13. The lowest BCUT2D eigenvalue weighted by Gasteiger charge is -2.19. The third-order valence-electron chi connectivity index (χ3n) is 1.54. The number of aliphatic carboxylic acids is 2. The Morgan fingerprint density at radius 2 is 1.92 bits per heavy atom. The van der Waals surface area contributed by atoms with Gasteiger partial charge in [-0.2, -0.15) is 0 Å². The average molecular weight is 185 g/mol. The van der Waals surface area contributed by atoms with E-state index < -0.39 is 23.9 Å². The number of carboxylic acids is 2. The van der Waals surface area contributed by atoms with Crippen LogP contribution >= 0.6 is 0 Å². The van der Waals surface area contributed by atoms with Gasteiger partial charge in [0.1, 0.15) is 0 Å². The largest absolute Gasteiger partial charge is 0.481 e. The zero-order valence-corrected chi connectivity index (χ0v) is 6.99. The quantitative estimate of drug-likeness (QED) is 0.508. The van der Waals surface area contributed by atoms with Crippen LogP contribution in [-0.4, -0.2) is 27.7 Å². The molecule has 1 unspecified atom stereocenters. The fourth-order valence-electron chi connectivity index (χ4n) is 0.811. The summed E-state index contributed by atoms with van der Waals surface area (Å²) in [6, 6.07) is 0. The molecule has 0 saturated carbocycles. The van der Waals surface area contributed by atoms with Crippen molar-refractivity contribution in [1.82, 2.24) is 0 Å². The van der Waals surface area contributed by atoms with E-state index in [1.807, 2.05) is 0 Å². The van der Waals surface area contributed by atoms with Crippen molar-refractivity contribution in [2.45, 2.75) is 24.8 Å². The summed E-state index contributed by atoms with van der Waals surface area (Å²) in [6.45, 7) is 0. The van der Waals surface area contributed by atoms with Crippen LogP contribution in [0.4, 0.5) is 0 Å². The molecule has 0 radical (unpaired) electrons. The molecule has 0 spiro atoms. The van der Waals surface area contributed by atoms with Gasteiger partial charge in [-0.15, -0.1) is 6.42 Å². The number of rotatable bonds is 5. The van der Waals surface area contributed by atoms with Crippen LogP contribution in [0.3, 0.4) is 0 Å². The van der Waals surface area contributed by atoms with E-state index in [4.69, 9.17) is 22.4 Å². The smallest absolute Gasteiger partial charge is 0.306 e. The Labute approximate surface area is 75.5 Å². The fraction of sp³-hybridized carbons (Fsp3) is 0.500. The molecule has 0 heterocycles. The molecule has 1 atom stereocenters. The molecule has 0 amide bonds. The first-order valence-corrected chi connectivity index (χ1v) is 3.60. The van der Waals surface area contributed by atoms with Crippen LogP contribution in [-0.2, 0) is 9.59 Å². The zero-order valence-electron chi connectivity index (χ0n) is 6.99. The maximum Gasteiger partial charge on any atom is 0.306 e. The van der Waals surface area contributed by atoms with E-state index >= 15 is 0 Å². The Morgan fingerprint density at radius 1 is 1.38 bits per heavy atom. The summed E-state index contributed by atoms with van der Waals surface area (Å²) < 4.78 is 0. The molecule has 0 aliphatic heterocycles. The van der Waals surface area contributed by atoms with Gasteiger partial charge >= 0.3 is 11.9 Å². The first-order chi connectivity index (χ1) is 5.89. The minimum atomic E-state index is -1.36. The lowest BCUT2D eigenvalue weighted by molar-refractivity contribution is -0.140. The minimum Gasteiger partial charge on any atom is -0.481 e. The van der Waals surface area contributed by atoms with Crippen molar-refractivity contribution >= 4 is 11.9 Å². The summed E-state index contributed by atoms with van der Waals surface area (Å²) in [6.07, 6.45) is 4.33. The molecule has 0 aliphatic rings. The number of nitrogens with two attached hydrogens (primary N) is 1. The Morgan fingerprint density at radius 3 is 2.23 bits per heavy atom. The average Bonchev–Trinajstić information content (AvgIpc) is 2.00. The first kappa shape index (κ1) is 11.5. The van der Waals surface area contributed by atoms with Crippen molar-refractivity contribution < 1.29 is 19.8 Å². The number of hydrogen-bond acceptors (Lipinski definition) is 3. The molecule has 0 fully saturated rings. The molecule has 4 N–H and O–H groups in total. The van der Waals surface area contributed by atoms with Crippen LogP contribution < -0.4 is 5.73 Å². The second kappa shape index (κ2) is 4.48. The fourth-order valence-corrected chi connectivity index (χ4v) is 0.811. The van der Waals surface area contributed by atoms with Crippen molar-refractivity contribution in [3.8, 4) is 12.3 Å². The molecular weight excluding hydrogens is 174 g/mol. The highest BCUT2D eigenvalue weighted by molar-refractivity contribution is 5.70. The van der Waals surface area contributed by atoms with Crippen LogP contribution in [0, 0.1) is 12.3 Å². The Bertz CT molecular complexity index is 255. The molecule has 0 rings (SSSR count). The van der Waals surface area contributed by atoms with E-state index in [-0.39, 0.29) is 12.8 Å². The van der Waals surface area contributed by atoms with Crippen LogP contribution in [0.1, 0.15) is 19.3 Å². The topological polar surface area (TPSA) is 101 Å². The van der Waals surface area contributed by atoms with E-state index in [0.717, 1.165) is 0 Å². The molecule has 0 aromatic carbocycles. The van der Waals surface area contributed by atoms with Crippen LogP contribution in [0.15, 0.2) is 0 Å². The van der Waals surface area contributed by atoms with Crippen LogP contribution in [0.5, 0.6) is 0 Å².